The average molecular weight is 366 g/mol. The van der Waals surface area contributed by atoms with Gasteiger partial charge in [0, 0.05) is 15.1 Å². The molecule has 0 aliphatic rings. The molecule has 4 aromatic rings. The Balaban J connectivity index is 1.72. The Morgan fingerprint density at radius 1 is 1.19 bits per heavy atom. The first-order valence-corrected chi connectivity index (χ1v) is 8.85. The summed E-state index contributed by atoms with van der Waals surface area (Å²) in [6.45, 7) is 0.497. The monoisotopic (exact) mass is 366 g/mol. The first-order chi connectivity index (χ1) is 12.7. The van der Waals surface area contributed by atoms with Crippen LogP contribution in [0.15, 0.2) is 60.8 Å². The Bertz CT molecular complexity index is 1090. The zero-order valence-electron chi connectivity index (χ0n) is 14.0. The molecule has 4 rings (SSSR count). The Hall–Kier alpha value is -2.99. The number of thiophene rings is 1. The van der Waals surface area contributed by atoms with Gasteiger partial charge >= 0.3 is 5.97 Å². The fraction of sp³-hybridized carbons (Fsp3) is 0.100. The van der Waals surface area contributed by atoms with Crippen LogP contribution in [0.1, 0.15) is 15.2 Å². The van der Waals surface area contributed by atoms with Gasteiger partial charge in [0.15, 0.2) is 0 Å². The second-order valence-electron chi connectivity index (χ2n) is 5.82. The molecular formula is C20H15FN2O2S. The van der Waals surface area contributed by atoms with Gasteiger partial charge < -0.3 is 4.74 Å². The van der Waals surface area contributed by atoms with Gasteiger partial charge in [0.2, 0.25) is 0 Å². The van der Waals surface area contributed by atoms with Gasteiger partial charge in [-0.05, 0) is 29.8 Å². The van der Waals surface area contributed by atoms with Gasteiger partial charge in [-0.3, -0.25) is 4.68 Å². The average Bonchev–Trinajstić information content (AvgIpc) is 3.29. The fourth-order valence-electron chi connectivity index (χ4n) is 2.95. The Morgan fingerprint density at radius 2 is 2.00 bits per heavy atom. The Labute approximate surface area is 153 Å². The first-order valence-electron chi connectivity index (χ1n) is 8.03. The van der Waals surface area contributed by atoms with E-state index in [-0.39, 0.29) is 5.56 Å². The SMILES string of the molecule is COC(=O)c1cc(F)cc2cnn(Cc3ccc(-c4ccccc4)s3)c12. The van der Waals surface area contributed by atoms with Crippen LogP contribution in [-0.4, -0.2) is 22.9 Å². The largest absolute Gasteiger partial charge is 0.465 e. The molecule has 0 fully saturated rings. The maximum atomic E-state index is 13.8. The van der Waals surface area contributed by atoms with Gasteiger partial charge in [0.1, 0.15) is 5.82 Å². The molecule has 0 atom stereocenters. The number of aromatic nitrogens is 2. The molecule has 0 saturated heterocycles. The van der Waals surface area contributed by atoms with E-state index in [4.69, 9.17) is 4.74 Å². The number of rotatable bonds is 4. The maximum Gasteiger partial charge on any atom is 0.340 e. The highest BCUT2D eigenvalue weighted by Gasteiger charge is 2.17. The number of halogens is 1. The van der Waals surface area contributed by atoms with E-state index in [1.165, 1.54) is 19.2 Å². The molecule has 0 unspecified atom stereocenters. The topological polar surface area (TPSA) is 44.1 Å². The molecular weight excluding hydrogens is 351 g/mol. The van der Waals surface area contributed by atoms with Gasteiger partial charge in [-0.1, -0.05) is 30.3 Å². The minimum Gasteiger partial charge on any atom is -0.465 e. The molecule has 0 spiro atoms. The van der Waals surface area contributed by atoms with Gasteiger partial charge in [0.05, 0.1) is 30.9 Å². The number of hydrogen-bond acceptors (Lipinski definition) is 4. The van der Waals surface area contributed by atoms with Crippen molar-refractivity contribution in [3.63, 3.8) is 0 Å². The van der Waals surface area contributed by atoms with Crippen LogP contribution < -0.4 is 0 Å². The lowest BCUT2D eigenvalue weighted by atomic mass is 10.1. The summed E-state index contributed by atoms with van der Waals surface area (Å²) in [6, 6.07) is 16.8. The summed E-state index contributed by atoms with van der Waals surface area (Å²) in [5.74, 6) is -1.06. The number of esters is 1. The summed E-state index contributed by atoms with van der Waals surface area (Å²) in [5, 5.41) is 4.91. The smallest absolute Gasteiger partial charge is 0.340 e. The molecule has 0 bridgehead atoms. The van der Waals surface area contributed by atoms with E-state index in [1.54, 1.807) is 22.2 Å². The Kier molecular flexibility index (Phi) is 4.26. The van der Waals surface area contributed by atoms with Crippen LogP contribution in [0.3, 0.4) is 0 Å². The first kappa shape index (κ1) is 16.5. The molecule has 0 aliphatic carbocycles. The minimum absolute atomic E-state index is 0.180. The van der Waals surface area contributed by atoms with Crippen LogP contribution in [0.25, 0.3) is 21.3 Å². The molecule has 26 heavy (non-hydrogen) atoms. The molecule has 2 aromatic carbocycles. The third kappa shape index (κ3) is 2.99. The van der Waals surface area contributed by atoms with E-state index < -0.39 is 11.8 Å². The van der Waals surface area contributed by atoms with Gasteiger partial charge in [-0.15, -0.1) is 11.3 Å². The van der Waals surface area contributed by atoms with Crippen LogP contribution in [0.5, 0.6) is 0 Å². The van der Waals surface area contributed by atoms with Gasteiger partial charge in [-0.25, -0.2) is 9.18 Å². The number of methoxy groups -OCH3 is 1. The molecule has 2 heterocycles. The molecule has 6 heteroatoms. The molecule has 0 amide bonds. The van der Waals surface area contributed by atoms with E-state index >= 15 is 0 Å². The van der Waals surface area contributed by atoms with Crippen molar-refractivity contribution >= 4 is 28.2 Å². The summed E-state index contributed by atoms with van der Waals surface area (Å²) in [6.07, 6.45) is 1.57. The predicted octanol–water partition coefficient (Wildman–Crippen LogP) is 4.74. The number of carbonyl (C=O) groups is 1. The maximum absolute atomic E-state index is 13.8. The van der Waals surface area contributed by atoms with Crippen LogP contribution in [-0.2, 0) is 11.3 Å². The lowest BCUT2D eigenvalue weighted by molar-refractivity contribution is 0.0602. The second kappa shape index (κ2) is 6.72. The molecule has 0 saturated carbocycles. The predicted molar refractivity (Wildman–Crippen MR) is 99.9 cm³/mol. The zero-order chi connectivity index (χ0) is 18.1. The third-order valence-corrected chi connectivity index (χ3v) is 5.25. The lowest BCUT2D eigenvalue weighted by Crippen LogP contribution is -2.08. The van der Waals surface area contributed by atoms with Crippen molar-refractivity contribution < 1.29 is 13.9 Å². The summed E-state index contributed by atoms with van der Waals surface area (Å²) < 4.78 is 20.3. The highest BCUT2D eigenvalue weighted by atomic mass is 32.1. The number of hydrogen-bond donors (Lipinski definition) is 0. The summed E-state index contributed by atoms with van der Waals surface area (Å²) in [7, 11) is 1.28. The fourth-order valence-corrected chi connectivity index (χ4v) is 3.95. The van der Waals surface area contributed by atoms with Gasteiger partial charge in [0.25, 0.3) is 0 Å². The van der Waals surface area contributed by atoms with Crippen molar-refractivity contribution in [3.05, 3.63) is 77.1 Å². The number of ether oxygens (including phenoxy) is 1. The third-order valence-electron chi connectivity index (χ3n) is 4.13. The number of benzene rings is 2. The van der Waals surface area contributed by atoms with Crippen LogP contribution >= 0.6 is 11.3 Å². The zero-order valence-corrected chi connectivity index (χ0v) is 14.8. The van der Waals surface area contributed by atoms with E-state index in [0.29, 0.717) is 17.4 Å². The quantitative estimate of drug-likeness (QED) is 0.490. The molecule has 4 nitrogen and oxygen atoms in total. The van der Waals surface area contributed by atoms with Crippen molar-refractivity contribution in [1.29, 1.82) is 0 Å². The van der Waals surface area contributed by atoms with E-state index in [2.05, 4.69) is 23.3 Å². The van der Waals surface area contributed by atoms with Gasteiger partial charge in [-0.2, -0.15) is 5.10 Å². The highest BCUT2D eigenvalue weighted by molar-refractivity contribution is 7.15. The van der Waals surface area contributed by atoms with Crippen molar-refractivity contribution in [2.75, 3.05) is 7.11 Å². The molecule has 0 aliphatic heterocycles. The lowest BCUT2D eigenvalue weighted by Gasteiger charge is -2.06. The number of carbonyl (C=O) groups excluding carboxylic acids is 1. The van der Waals surface area contributed by atoms with E-state index in [9.17, 15) is 9.18 Å². The van der Waals surface area contributed by atoms with E-state index in [1.807, 2.05) is 24.3 Å². The van der Waals surface area contributed by atoms with Crippen molar-refractivity contribution in [2.24, 2.45) is 0 Å². The standard InChI is InChI=1S/C20H15FN2O2S/c1-25-20(24)17-10-15(21)9-14-11-22-23(19(14)17)12-16-7-8-18(26-16)13-5-3-2-4-6-13/h2-11H,12H2,1H3. The summed E-state index contributed by atoms with van der Waals surface area (Å²) >= 11 is 1.66. The summed E-state index contributed by atoms with van der Waals surface area (Å²) in [5.41, 5.74) is 1.92. The molecule has 0 N–H and O–H groups in total. The Morgan fingerprint density at radius 3 is 2.77 bits per heavy atom. The molecule has 0 radical (unpaired) electrons. The molecule has 2 aromatic heterocycles. The second-order valence-corrected chi connectivity index (χ2v) is 6.99. The molecule has 130 valence electrons. The number of nitrogens with zero attached hydrogens (tertiary/aromatic N) is 2. The van der Waals surface area contributed by atoms with Crippen LogP contribution in [0.2, 0.25) is 0 Å². The van der Waals surface area contributed by atoms with Crippen molar-refractivity contribution in [2.45, 2.75) is 6.54 Å². The number of fused-ring (bicyclic) bond motifs is 1. The normalized spacial score (nSPS) is 11.0. The van der Waals surface area contributed by atoms with Crippen LogP contribution in [0, 0.1) is 5.82 Å². The van der Waals surface area contributed by atoms with Crippen LogP contribution in [0.4, 0.5) is 4.39 Å². The highest BCUT2D eigenvalue weighted by Crippen LogP contribution is 2.29. The van der Waals surface area contributed by atoms with Crippen molar-refractivity contribution in [3.8, 4) is 10.4 Å². The van der Waals surface area contributed by atoms with E-state index in [0.717, 1.165) is 15.3 Å². The van der Waals surface area contributed by atoms with Crippen molar-refractivity contribution in [1.82, 2.24) is 9.78 Å². The summed E-state index contributed by atoms with van der Waals surface area (Å²) in [4.78, 5) is 14.3. The minimum atomic E-state index is -0.576.